The normalized spacial score (nSPS) is 22.9. The highest BCUT2D eigenvalue weighted by Gasteiger charge is 2.39. The van der Waals surface area contributed by atoms with Crippen LogP contribution in [0.15, 0.2) is 24.3 Å². The van der Waals surface area contributed by atoms with Crippen molar-refractivity contribution in [3.05, 3.63) is 29.8 Å². The Labute approximate surface area is 88.7 Å². The van der Waals surface area contributed by atoms with Crippen LogP contribution in [0, 0.1) is 23.2 Å². The molecule has 1 aliphatic rings. The number of anilines is 1. The third-order valence-corrected chi connectivity index (χ3v) is 2.75. The molecular weight excluding hydrogens is 188 g/mol. The molecule has 15 heavy (non-hydrogen) atoms. The van der Waals surface area contributed by atoms with Crippen LogP contribution >= 0.6 is 0 Å². The summed E-state index contributed by atoms with van der Waals surface area (Å²) in [6.45, 7) is 2.06. The Bertz CT molecular complexity index is 433. The Kier molecular flexibility index (Phi) is 2.42. The van der Waals surface area contributed by atoms with Crippen LogP contribution in [0.5, 0.6) is 0 Å². The van der Waals surface area contributed by atoms with Gasteiger partial charge in [0, 0.05) is 5.92 Å². The molecule has 3 nitrogen and oxygen atoms in total. The fraction of sp³-hybridized carbons (Fsp3) is 0.333. The summed E-state index contributed by atoms with van der Waals surface area (Å²) >= 11 is 0. The highest BCUT2D eigenvalue weighted by Crippen LogP contribution is 2.38. The molecule has 1 aliphatic carbocycles. The molecule has 0 spiro atoms. The van der Waals surface area contributed by atoms with E-state index in [1.54, 1.807) is 18.2 Å². The number of carbonyl (C=O) groups excluding carboxylic acids is 1. The predicted molar refractivity (Wildman–Crippen MR) is 57.1 cm³/mol. The molecule has 1 aromatic rings. The number of hydrogen-bond donors (Lipinski definition) is 1. The number of rotatable bonds is 2. The Balaban J connectivity index is 2.11. The zero-order valence-corrected chi connectivity index (χ0v) is 8.53. The van der Waals surface area contributed by atoms with E-state index in [0.717, 1.165) is 6.42 Å². The van der Waals surface area contributed by atoms with Gasteiger partial charge in [-0.2, -0.15) is 5.26 Å². The van der Waals surface area contributed by atoms with E-state index >= 15 is 0 Å². The van der Waals surface area contributed by atoms with Crippen molar-refractivity contribution in [2.24, 2.45) is 11.8 Å². The molecule has 0 bridgehead atoms. The van der Waals surface area contributed by atoms with E-state index in [1.165, 1.54) is 0 Å². The molecular formula is C12H12N2O. The van der Waals surface area contributed by atoms with Crippen molar-refractivity contribution in [2.75, 3.05) is 5.32 Å². The molecule has 76 valence electrons. The van der Waals surface area contributed by atoms with Gasteiger partial charge in [0.15, 0.2) is 0 Å². The van der Waals surface area contributed by atoms with Crippen molar-refractivity contribution in [1.29, 1.82) is 5.26 Å². The van der Waals surface area contributed by atoms with Crippen LogP contribution in [-0.4, -0.2) is 5.91 Å². The maximum Gasteiger partial charge on any atom is 0.227 e. The highest BCUT2D eigenvalue weighted by molar-refractivity contribution is 5.95. The maximum absolute atomic E-state index is 11.6. The first-order valence-corrected chi connectivity index (χ1v) is 5.02. The summed E-state index contributed by atoms with van der Waals surface area (Å²) in [6.07, 6.45) is 0.959. The number of nitrogens with zero attached hydrogens (tertiary/aromatic N) is 1. The number of carbonyl (C=O) groups is 1. The van der Waals surface area contributed by atoms with Crippen molar-refractivity contribution < 1.29 is 4.79 Å². The summed E-state index contributed by atoms with van der Waals surface area (Å²) < 4.78 is 0. The van der Waals surface area contributed by atoms with E-state index in [0.29, 0.717) is 17.2 Å². The van der Waals surface area contributed by atoms with Gasteiger partial charge in [-0.3, -0.25) is 4.79 Å². The fourth-order valence-corrected chi connectivity index (χ4v) is 1.60. The standard InChI is InChI=1S/C12H12N2O/c1-8-6-10(8)12(15)14-11-5-3-2-4-9(11)7-13/h2-5,8,10H,6H2,1H3,(H,14,15). The van der Waals surface area contributed by atoms with Crippen molar-refractivity contribution in [1.82, 2.24) is 0 Å². The van der Waals surface area contributed by atoms with Crippen LogP contribution in [0.25, 0.3) is 0 Å². The minimum atomic E-state index is 0.0326. The molecule has 1 amide bonds. The van der Waals surface area contributed by atoms with Gasteiger partial charge in [0.1, 0.15) is 6.07 Å². The Morgan fingerprint density at radius 2 is 2.20 bits per heavy atom. The fourth-order valence-electron chi connectivity index (χ4n) is 1.60. The van der Waals surface area contributed by atoms with E-state index in [1.807, 2.05) is 6.07 Å². The minimum absolute atomic E-state index is 0.0326. The molecule has 3 heteroatoms. The predicted octanol–water partition coefficient (Wildman–Crippen LogP) is 2.15. The van der Waals surface area contributed by atoms with E-state index in [-0.39, 0.29) is 11.8 Å². The average Bonchev–Trinajstić information content (AvgIpc) is 2.96. The number of para-hydroxylation sites is 1. The second-order valence-electron chi connectivity index (χ2n) is 3.97. The van der Waals surface area contributed by atoms with Crippen molar-refractivity contribution in [2.45, 2.75) is 13.3 Å². The maximum atomic E-state index is 11.6. The lowest BCUT2D eigenvalue weighted by Gasteiger charge is -2.05. The smallest absolute Gasteiger partial charge is 0.227 e. The average molecular weight is 200 g/mol. The number of amides is 1. The largest absolute Gasteiger partial charge is 0.325 e. The summed E-state index contributed by atoms with van der Waals surface area (Å²) in [5, 5.41) is 11.6. The first-order valence-electron chi connectivity index (χ1n) is 5.02. The monoisotopic (exact) mass is 200 g/mol. The summed E-state index contributed by atoms with van der Waals surface area (Å²) in [4.78, 5) is 11.6. The van der Waals surface area contributed by atoms with Gasteiger partial charge in [0.2, 0.25) is 5.91 Å². The number of nitrogens with one attached hydrogen (secondary N) is 1. The van der Waals surface area contributed by atoms with Crippen molar-refractivity contribution >= 4 is 11.6 Å². The molecule has 2 atom stereocenters. The summed E-state index contributed by atoms with van der Waals surface area (Å²) in [5.74, 6) is 0.654. The van der Waals surface area contributed by atoms with Gasteiger partial charge < -0.3 is 5.32 Å². The van der Waals surface area contributed by atoms with Crippen LogP contribution < -0.4 is 5.32 Å². The Morgan fingerprint density at radius 1 is 1.53 bits per heavy atom. The van der Waals surface area contributed by atoms with E-state index < -0.39 is 0 Å². The summed E-state index contributed by atoms with van der Waals surface area (Å²) in [7, 11) is 0. The van der Waals surface area contributed by atoms with Gasteiger partial charge in [-0.25, -0.2) is 0 Å². The van der Waals surface area contributed by atoms with Crippen molar-refractivity contribution in [3.8, 4) is 6.07 Å². The summed E-state index contributed by atoms with van der Waals surface area (Å²) in [6, 6.07) is 9.11. The summed E-state index contributed by atoms with van der Waals surface area (Å²) in [5.41, 5.74) is 1.13. The molecule has 0 heterocycles. The van der Waals surface area contributed by atoms with Gasteiger partial charge in [-0.15, -0.1) is 0 Å². The molecule has 1 aromatic carbocycles. The SMILES string of the molecule is CC1CC1C(=O)Nc1ccccc1C#N. The highest BCUT2D eigenvalue weighted by atomic mass is 16.2. The lowest BCUT2D eigenvalue weighted by Crippen LogP contribution is -2.15. The van der Waals surface area contributed by atoms with E-state index in [2.05, 4.69) is 18.3 Å². The van der Waals surface area contributed by atoms with Crippen LogP contribution in [0.4, 0.5) is 5.69 Å². The van der Waals surface area contributed by atoms with Crippen LogP contribution in [0.1, 0.15) is 18.9 Å². The molecule has 2 rings (SSSR count). The topological polar surface area (TPSA) is 52.9 Å². The Morgan fingerprint density at radius 3 is 2.80 bits per heavy atom. The van der Waals surface area contributed by atoms with E-state index in [4.69, 9.17) is 5.26 Å². The molecule has 0 aliphatic heterocycles. The van der Waals surface area contributed by atoms with Crippen LogP contribution in [0.2, 0.25) is 0 Å². The Hall–Kier alpha value is -1.82. The zero-order chi connectivity index (χ0) is 10.8. The molecule has 0 saturated heterocycles. The second-order valence-corrected chi connectivity index (χ2v) is 3.97. The number of benzene rings is 1. The van der Waals surface area contributed by atoms with E-state index in [9.17, 15) is 4.79 Å². The third kappa shape index (κ3) is 1.99. The molecule has 1 N–H and O–H groups in total. The number of nitriles is 1. The quantitative estimate of drug-likeness (QED) is 0.795. The zero-order valence-electron chi connectivity index (χ0n) is 8.53. The lowest BCUT2D eigenvalue weighted by atomic mass is 10.2. The van der Waals surface area contributed by atoms with Gasteiger partial charge >= 0.3 is 0 Å². The van der Waals surface area contributed by atoms with Gasteiger partial charge in [0.25, 0.3) is 0 Å². The molecule has 0 radical (unpaired) electrons. The molecule has 1 saturated carbocycles. The third-order valence-electron chi connectivity index (χ3n) is 2.75. The lowest BCUT2D eigenvalue weighted by molar-refractivity contribution is -0.117. The van der Waals surface area contributed by atoms with Gasteiger partial charge in [-0.1, -0.05) is 19.1 Å². The minimum Gasteiger partial charge on any atom is -0.325 e. The van der Waals surface area contributed by atoms with Crippen LogP contribution in [-0.2, 0) is 4.79 Å². The first-order chi connectivity index (χ1) is 7.22. The van der Waals surface area contributed by atoms with Crippen molar-refractivity contribution in [3.63, 3.8) is 0 Å². The molecule has 0 aromatic heterocycles. The van der Waals surface area contributed by atoms with Gasteiger partial charge in [-0.05, 0) is 24.5 Å². The first kappa shape index (κ1) is 9.72. The molecule has 2 unspecified atom stereocenters. The molecule has 1 fully saturated rings. The van der Waals surface area contributed by atoms with Gasteiger partial charge in [0.05, 0.1) is 11.3 Å². The second kappa shape index (κ2) is 3.74. The van der Waals surface area contributed by atoms with Crippen LogP contribution in [0.3, 0.4) is 0 Å². The number of hydrogen-bond acceptors (Lipinski definition) is 2.